The minimum Gasteiger partial charge on any atom is -0.507 e. The van der Waals surface area contributed by atoms with E-state index in [2.05, 4.69) is 25.7 Å². The van der Waals surface area contributed by atoms with Gasteiger partial charge in [-0.3, -0.25) is 10.4 Å². The Morgan fingerprint density at radius 1 is 1.25 bits per heavy atom. The van der Waals surface area contributed by atoms with Gasteiger partial charge in [-0.2, -0.15) is 5.10 Å². The number of phenolic OH excluding ortho intramolecular Hbond substituents is 1. The summed E-state index contributed by atoms with van der Waals surface area (Å²) < 4.78 is 0. The second-order valence-corrected chi connectivity index (χ2v) is 6.63. The number of hydrogen-bond acceptors (Lipinski definition) is 7. The van der Waals surface area contributed by atoms with E-state index in [9.17, 15) is 5.11 Å². The maximum atomic E-state index is 10.4. The number of nitrogens with one attached hydrogen (secondary N) is 2. The molecule has 0 saturated carbocycles. The minimum absolute atomic E-state index is 0.140. The van der Waals surface area contributed by atoms with Crippen molar-refractivity contribution in [3.05, 3.63) is 36.7 Å². The summed E-state index contributed by atoms with van der Waals surface area (Å²) >= 11 is 1.68. The molecule has 4 rings (SSSR count). The largest absolute Gasteiger partial charge is 0.507 e. The average molecular weight is 340 g/mol. The van der Waals surface area contributed by atoms with Gasteiger partial charge in [0, 0.05) is 24.4 Å². The molecular weight excluding hydrogens is 324 g/mol. The molecule has 7 nitrogen and oxygen atoms in total. The fraction of sp³-hybridized carbons (Fsp3) is 0.188. The lowest BCUT2D eigenvalue weighted by Gasteiger charge is -2.18. The molecule has 8 heteroatoms. The quantitative estimate of drug-likeness (QED) is 0.674. The molecule has 122 valence electrons. The standard InChI is InChI=1S/C16H16N6OS/c1-17-16-22(2)15-14(24-16)6-12(20-21-15)11-4-3-9(5-13(11)23)10-7-18-19-8-10/h3-8,16-17,23H,1-2H3,(H,18,19). The zero-order valence-corrected chi connectivity index (χ0v) is 14.0. The normalized spacial score (nSPS) is 16.4. The van der Waals surface area contributed by atoms with Gasteiger partial charge in [-0.1, -0.05) is 17.8 Å². The van der Waals surface area contributed by atoms with Gasteiger partial charge in [0.15, 0.2) is 5.82 Å². The highest BCUT2D eigenvalue weighted by Gasteiger charge is 2.28. The molecule has 0 spiro atoms. The molecule has 0 radical (unpaired) electrons. The van der Waals surface area contributed by atoms with E-state index in [0.717, 1.165) is 21.8 Å². The third-order valence-corrected chi connectivity index (χ3v) is 5.35. The minimum atomic E-state index is 0.140. The van der Waals surface area contributed by atoms with Crippen molar-refractivity contribution >= 4 is 17.6 Å². The first-order chi connectivity index (χ1) is 11.7. The van der Waals surface area contributed by atoms with Crippen LogP contribution in [-0.4, -0.2) is 45.1 Å². The number of hydrogen-bond donors (Lipinski definition) is 3. The van der Waals surface area contributed by atoms with Gasteiger partial charge < -0.3 is 10.0 Å². The monoisotopic (exact) mass is 340 g/mol. The molecule has 0 amide bonds. The van der Waals surface area contributed by atoms with Crippen LogP contribution in [0.2, 0.25) is 0 Å². The van der Waals surface area contributed by atoms with Crippen LogP contribution in [0.15, 0.2) is 41.6 Å². The van der Waals surface area contributed by atoms with Gasteiger partial charge in [0.2, 0.25) is 0 Å². The molecule has 1 atom stereocenters. The molecule has 1 aromatic carbocycles. The van der Waals surface area contributed by atoms with Gasteiger partial charge in [-0.05, 0) is 30.8 Å². The number of nitrogens with zero attached hydrogens (tertiary/aromatic N) is 4. The number of aromatic amines is 1. The zero-order chi connectivity index (χ0) is 16.7. The lowest BCUT2D eigenvalue weighted by Crippen LogP contribution is -2.35. The van der Waals surface area contributed by atoms with Crippen LogP contribution in [0.3, 0.4) is 0 Å². The molecule has 3 aromatic rings. The van der Waals surface area contributed by atoms with Crippen molar-refractivity contribution in [3.63, 3.8) is 0 Å². The highest BCUT2D eigenvalue weighted by atomic mass is 32.2. The van der Waals surface area contributed by atoms with Crippen molar-refractivity contribution in [1.82, 2.24) is 25.7 Å². The maximum absolute atomic E-state index is 10.4. The summed E-state index contributed by atoms with van der Waals surface area (Å²) in [5.74, 6) is 1.02. The van der Waals surface area contributed by atoms with Crippen molar-refractivity contribution in [2.45, 2.75) is 10.4 Å². The Kier molecular flexibility index (Phi) is 3.62. The zero-order valence-electron chi connectivity index (χ0n) is 13.2. The Morgan fingerprint density at radius 2 is 2.12 bits per heavy atom. The van der Waals surface area contributed by atoms with Crippen LogP contribution < -0.4 is 10.2 Å². The van der Waals surface area contributed by atoms with Crippen molar-refractivity contribution in [2.24, 2.45) is 0 Å². The molecule has 1 aliphatic heterocycles. The summed E-state index contributed by atoms with van der Waals surface area (Å²) in [6.45, 7) is 0. The third kappa shape index (κ3) is 2.40. The molecule has 0 bridgehead atoms. The number of benzene rings is 1. The average Bonchev–Trinajstić information content (AvgIpc) is 3.23. The Balaban J connectivity index is 1.70. The number of H-pyrrole nitrogens is 1. The number of phenols is 1. The van der Waals surface area contributed by atoms with Crippen LogP contribution in [-0.2, 0) is 0 Å². The van der Waals surface area contributed by atoms with Crippen molar-refractivity contribution in [1.29, 1.82) is 0 Å². The van der Waals surface area contributed by atoms with Crippen LogP contribution in [0.25, 0.3) is 22.4 Å². The van der Waals surface area contributed by atoms with Crippen LogP contribution in [0.5, 0.6) is 5.75 Å². The lowest BCUT2D eigenvalue weighted by atomic mass is 10.0. The molecule has 2 aromatic heterocycles. The molecule has 0 aliphatic carbocycles. The molecule has 3 N–H and O–H groups in total. The van der Waals surface area contributed by atoms with Crippen LogP contribution in [0.4, 0.5) is 5.82 Å². The van der Waals surface area contributed by atoms with Gasteiger partial charge in [-0.25, -0.2) is 0 Å². The SMILES string of the molecule is CNC1Sc2cc(-c3ccc(-c4cn[nH]c4)cc3O)nnc2N1C. The second kappa shape index (κ2) is 5.81. The van der Waals surface area contributed by atoms with Crippen LogP contribution >= 0.6 is 11.8 Å². The van der Waals surface area contributed by atoms with E-state index in [1.165, 1.54) is 0 Å². The number of thioether (sulfide) groups is 1. The van der Waals surface area contributed by atoms with Gasteiger partial charge in [0.1, 0.15) is 11.2 Å². The van der Waals surface area contributed by atoms with Gasteiger partial charge in [0.05, 0.1) is 16.8 Å². The first-order valence-corrected chi connectivity index (χ1v) is 8.32. The molecule has 1 aliphatic rings. The van der Waals surface area contributed by atoms with Crippen LogP contribution in [0, 0.1) is 0 Å². The molecule has 1 unspecified atom stereocenters. The molecule has 0 fully saturated rings. The summed E-state index contributed by atoms with van der Waals surface area (Å²) in [6, 6.07) is 7.47. The number of rotatable bonds is 3. The topological polar surface area (TPSA) is 90.0 Å². The second-order valence-electron chi connectivity index (χ2n) is 5.51. The Morgan fingerprint density at radius 3 is 2.83 bits per heavy atom. The Labute approximate surface area is 143 Å². The van der Waals surface area contributed by atoms with E-state index in [4.69, 9.17) is 0 Å². The van der Waals surface area contributed by atoms with E-state index in [1.54, 1.807) is 30.2 Å². The van der Waals surface area contributed by atoms with E-state index < -0.39 is 0 Å². The van der Waals surface area contributed by atoms with Gasteiger partial charge in [0.25, 0.3) is 0 Å². The van der Waals surface area contributed by atoms with Gasteiger partial charge in [-0.15, -0.1) is 10.2 Å². The fourth-order valence-corrected chi connectivity index (χ4v) is 3.82. The summed E-state index contributed by atoms with van der Waals surface area (Å²) in [6.07, 6.45) is 3.50. The predicted octanol–water partition coefficient (Wildman–Crippen LogP) is 2.28. The third-order valence-electron chi connectivity index (χ3n) is 4.02. The van der Waals surface area contributed by atoms with E-state index >= 15 is 0 Å². The smallest absolute Gasteiger partial charge is 0.166 e. The molecule has 24 heavy (non-hydrogen) atoms. The van der Waals surface area contributed by atoms with E-state index in [-0.39, 0.29) is 11.2 Å². The molecule has 3 heterocycles. The number of aromatic hydroxyl groups is 1. The first kappa shape index (κ1) is 15.0. The number of fused-ring (bicyclic) bond motifs is 1. The maximum Gasteiger partial charge on any atom is 0.166 e. The molecular formula is C16H16N6OS. The summed E-state index contributed by atoms with van der Waals surface area (Å²) in [5.41, 5.74) is 3.27. The summed E-state index contributed by atoms with van der Waals surface area (Å²) in [7, 11) is 3.89. The van der Waals surface area contributed by atoms with E-state index in [1.807, 2.05) is 37.2 Å². The Hall–Kier alpha value is -2.58. The van der Waals surface area contributed by atoms with Crippen molar-refractivity contribution < 1.29 is 5.11 Å². The van der Waals surface area contributed by atoms with Crippen molar-refractivity contribution in [2.75, 3.05) is 19.0 Å². The van der Waals surface area contributed by atoms with Crippen molar-refractivity contribution in [3.8, 4) is 28.1 Å². The summed E-state index contributed by atoms with van der Waals surface area (Å²) in [4.78, 5) is 3.08. The van der Waals surface area contributed by atoms with Crippen LogP contribution in [0.1, 0.15) is 0 Å². The highest BCUT2D eigenvalue weighted by Crippen LogP contribution is 2.42. The lowest BCUT2D eigenvalue weighted by molar-refractivity contribution is 0.477. The number of anilines is 1. The van der Waals surface area contributed by atoms with Gasteiger partial charge >= 0.3 is 0 Å². The Bertz CT molecular complexity index is 882. The predicted molar refractivity (Wildman–Crippen MR) is 93.8 cm³/mol. The first-order valence-electron chi connectivity index (χ1n) is 7.44. The summed E-state index contributed by atoms with van der Waals surface area (Å²) in [5, 5.41) is 28.9. The van der Waals surface area contributed by atoms with E-state index in [0.29, 0.717) is 11.3 Å². The number of aromatic nitrogens is 4. The highest BCUT2D eigenvalue weighted by molar-refractivity contribution is 8.00. The molecule has 0 saturated heterocycles. The fourth-order valence-electron chi connectivity index (χ4n) is 2.73.